The Kier molecular flexibility index (Phi) is 5.58. The Morgan fingerprint density at radius 1 is 1.44 bits per heavy atom. The minimum absolute atomic E-state index is 0.0676. The minimum atomic E-state index is -0.265. The smallest absolute Gasteiger partial charge is 0.317 e. The number of carbonyl (C=O) groups is 1. The lowest BCUT2D eigenvalue weighted by Gasteiger charge is -2.23. The number of nitrogens with one attached hydrogen (secondary N) is 1. The molecule has 0 aliphatic carbocycles. The number of urea groups is 1. The molecule has 1 atom stereocenters. The van der Waals surface area contributed by atoms with Crippen molar-refractivity contribution in [2.75, 3.05) is 20.2 Å². The molecule has 0 aliphatic rings. The van der Waals surface area contributed by atoms with Gasteiger partial charge in [-0.1, -0.05) is 12.1 Å². The van der Waals surface area contributed by atoms with Crippen LogP contribution >= 0.6 is 0 Å². The summed E-state index contributed by atoms with van der Waals surface area (Å²) in [4.78, 5) is 13.1. The van der Waals surface area contributed by atoms with Gasteiger partial charge in [-0.3, -0.25) is 0 Å². The van der Waals surface area contributed by atoms with Crippen LogP contribution in [0.1, 0.15) is 12.5 Å². The fourth-order valence-corrected chi connectivity index (χ4v) is 1.41. The van der Waals surface area contributed by atoms with Crippen molar-refractivity contribution in [3.8, 4) is 0 Å². The van der Waals surface area contributed by atoms with E-state index >= 15 is 0 Å². The second kappa shape index (κ2) is 6.96. The summed E-state index contributed by atoms with van der Waals surface area (Å²) in [5, 5.41) is 11.7. The molecular formula is C13H19FN2O2. The monoisotopic (exact) mass is 254 g/mol. The Labute approximate surface area is 106 Å². The molecule has 0 bridgehead atoms. The van der Waals surface area contributed by atoms with Crippen molar-refractivity contribution in [2.45, 2.75) is 19.4 Å². The van der Waals surface area contributed by atoms with E-state index < -0.39 is 0 Å². The van der Waals surface area contributed by atoms with Crippen LogP contribution in [0.5, 0.6) is 0 Å². The Bertz CT molecular complexity index is 381. The quantitative estimate of drug-likeness (QED) is 0.834. The van der Waals surface area contributed by atoms with E-state index in [2.05, 4.69) is 5.32 Å². The average molecular weight is 254 g/mol. The topological polar surface area (TPSA) is 52.6 Å². The molecule has 2 amide bonds. The van der Waals surface area contributed by atoms with Crippen LogP contribution in [0.3, 0.4) is 0 Å². The molecular weight excluding hydrogens is 235 g/mol. The number of aliphatic hydroxyl groups is 1. The van der Waals surface area contributed by atoms with Crippen LogP contribution in [0, 0.1) is 5.82 Å². The maximum atomic E-state index is 12.7. The van der Waals surface area contributed by atoms with E-state index in [1.807, 2.05) is 0 Å². The number of amides is 2. The Balaban J connectivity index is 2.33. The summed E-state index contributed by atoms with van der Waals surface area (Å²) in [5.41, 5.74) is 0.967. The standard InChI is InChI=1S/C13H19FN2O2/c1-10(9-17)16(2)13(18)15-8-7-11-3-5-12(14)6-4-11/h3-6,10,17H,7-9H2,1-2H3,(H,15,18). The molecule has 1 unspecified atom stereocenters. The Morgan fingerprint density at radius 2 is 2.06 bits per heavy atom. The molecule has 4 nitrogen and oxygen atoms in total. The van der Waals surface area contributed by atoms with Crippen molar-refractivity contribution >= 4 is 6.03 Å². The van der Waals surface area contributed by atoms with Gasteiger partial charge in [0.2, 0.25) is 0 Å². The fraction of sp³-hybridized carbons (Fsp3) is 0.462. The second-order valence-electron chi connectivity index (χ2n) is 4.25. The van der Waals surface area contributed by atoms with Gasteiger partial charge in [-0.25, -0.2) is 9.18 Å². The molecule has 2 N–H and O–H groups in total. The lowest BCUT2D eigenvalue weighted by atomic mass is 10.1. The van der Waals surface area contributed by atoms with Crippen molar-refractivity contribution in [3.05, 3.63) is 35.6 Å². The molecule has 0 saturated carbocycles. The van der Waals surface area contributed by atoms with Crippen LogP contribution in [0.25, 0.3) is 0 Å². The third-order valence-electron chi connectivity index (χ3n) is 2.85. The number of aliphatic hydroxyl groups excluding tert-OH is 1. The number of hydrogen-bond acceptors (Lipinski definition) is 2. The summed E-state index contributed by atoms with van der Waals surface area (Å²) in [6, 6.07) is 5.76. The van der Waals surface area contributed by atoms with Gasteiger partial charge in [0.25, 0.3) is 0 Å². The average Bonchev–Trinajstić information content (AvgIpc) is 2.39. The van der Waals surface area contributed by atoms with E-state index in [9.17, 15) is 9.18 Å². The maximum Gasteiger partial charge on any atom is 0.317 e. The second-order valence-corrected chi connectivity index (χ2v) is 4.25. The van der Waals surface area contributed by atoms with Gasteiger partial charge in [-0.15, -0.1) is 0 Å². The first-order chi connectivity index (χ1) is 8.54. The van der Waals surface area contributed by atoms with E-state index in [1.165, 1.54) is 17.0 Å². The Morgan fingerprint density at radius 3 is 2.61 bits per heavy atom. The van der Waals surface area contributed by atoms with Crippen LogP contribution in [0.4, 0.5) is 9.18 Å². The lowest BCUT2D eigenvalue weighted by Crippen LogP contribution is -2.44. The van der Waals surface area contributed by atoms with E-state index in [0.29, 0.717) is 13.0 Å². The van der Waals surface area contributed by atoms with Gasteiger partial charge >= 0.3 is 6.03 Å². The van der Waals surface area contributed by atoms with Crippen molar-refractivity contribution in [3.63, 3.8) is 0 Å². The minimum Gasteiger partial charge on any atom is -0.394 e. The van der Waals surface area contributed by atoms with E-state index in [1.54, 1.807) is 26.1 Å². The van der Waals surface area contributed by atoms with Gasteiger partial charge in [-0.2, -0.15) is 0 Å². The molecule has 0 aliphatic heterocycles. The van der Waals surface area contributed by atoms with E-state index in [0.717, 1.165) is 5.56 Å². The SMILES string of the molecule is CC(CO)N(C)C(=O)NCCc1ccc(F)cc1. The maximum absolute atomic E-state index is 12.7. The first-order valence-electron chi connectivity index (χ1n) is 5.90. The number of benzene rings is 1. The highest BCUT2D eigenvalue weighted by molar-refractivity contribution is 5.74. The van der Waals surface area contributed by atoms with Crippen LogP contribution in [0.2, 0.25) is 0 Å². The van der Waals surface area contributed by atoms with Crippen molar-refractivity contribution in [1.29, 1.82) is 0 Å². The van der Waals surface area contributed by atoms with Gasteiger partial charge in [-0.05, 0) is 31.0 Å². The molecule has 18 heavy (non-hydrogen) atoms. The number of hydrogen-bond donors (Lipinski definition) is 2. The van der Waals surface area contributed by atoms with Crippen LogP contribution in [-0.4, -0.2) is 42.3 Å². The van der Waals surface area contributed by atoms with Gasteiger partial charge in [0.05, 0.1) is 12.6 Å². The van der Waals surface area contributed by atoms with Gasteiger partial charge in [0, 0.05) is 13.6 Å². The molecule has 0 fully saturated rings. The molecule has 0 spiro atoms. The van der Waals surface area contributed by atoms with Gasteiger partial charge in [0.15, 0.2) is 0 Å². The fourth-order valence-electron chi connectivity index (χ4n) is 1.41. The Hall–Kier alpha value is -1.62. The highest BCUT2D eigenvalue weighted by atomic mass is 19.1. The van der Waals surface area contributed by atoms with Gasteiger partial charge in [0.1, 0.15) is 5.82 Å². The molecule has 5 heteroatoms. The zero-order chi connectivity index (χ0) is 13.5. The number of rotatable bonds is 5. The first-order valence-corrected chi connectivity index (χ1v) is 5.90. The number of nitrogens with zero attached hydrogens (tertiary/aromatic N) is 1. The molecule has 0 aromatic heterocycles. The third kappa shape index (κ3) is 4.33. The van der Waals surface area contributed by atoms with Crippen molar-refractivity contribution in [2.24, 2.45) is 0 Å². The molecule has 1 aromatic carbocycles. The largest absolute Gasteiger partial charge is 0.394 e. The molecule has 0 saturated heterocycles. The lowest BCUT2D eigenvalue weighted by molar-refractivity contribution is 0.157. The van der Waals surface area contributed by atoms with E-state index in [-0.39, 0.29) is 24.5 Å². The normalized spacial score (nSPS) is 12.0. The summed E-state index contributed by atoms with van der Waals surface area (Å²) in [5.74, 6) is -0.265. The first kappa shape index (κ1) is 14.4. The third-order valence-corrected chi connectivity index (χ3v) is 2.85. The molecule has 1 rings (SSSR count). The molecule has 100 valence electrons. The molecule has 1 aromatic rings. The highest BCUT2D eigenvalue weighted by Gasteiger charge is 2.13. The summed E-state index contributed by atoms with van der Waals surface area (Å²) < 4.78 is 12.7. The number of carbonyl (C=O) groups excluding carboxylic acids is 1. The zero-order valence-electron chi connectivity index (χ0n) is 10.7. The van der Waals surface area contributed by atoms with Crippen LogP contribution in [-0.2, 0) is 6.42 Å². The van der Waals surface area contributed by atoms with Gasteiger partial charge < -0.3 is 15.3 Å². The summed E-state index contributed by atoms with van der Waals surface area (Å²) in [6.45, 7) is 2.17. The van der Waals surface area contributed by atoms with Crippen LogP contribution < -0.4 is 5.32 Å². The summed E-state index contributed by atoms with van der Waals surface area (Å²) in [6.07, 6.45) is 0.646. The number of halogens is 1. The predicted octanol–water partition coefficient (Wildman–Crippen LogP) is 1.39. The van der Waals surface area contributed by atoms with Crippen molar-refractivity contribution in [1.82, 2.24) is 10.2 Å². The van der Waals surface area contributed by atoms with Crippen molar-refractivity contribution < 1.29 is 14.3 Å². The summed E-state index contributed by atoms with van der Waals surface area (Å²) in [7, 11) is 1.63. The van der Waals surface area contributed by atoms with E-state index in [4.69, 9.17) is 5.11 Å². The van der Waals surface area contributed by atoms with Crippen LogP contribution in [0.15, 0.2) is 24.3 Å². The highest BCUT2D eigenvalue weighted by Crippen LogP contribution is 2.03. The zero-order valence-corrected chi connectivity index (χ0v) is 10.7. The predicted molar refractivity (Wildman–Crippen MR) is 67.8 cm³/mol. The molecule has 0 radical (unpaired) electrons. The summed E-state index contributed by atoms with van der Waals surface area (Å²) >= 11 is 0. The number of likely N-dealkylation sites (N-methyl/N-ethyl adjacent to an activating group) is 1. The molecule has 0 heterocycles.